The number of halogens is 2. The van der Waals surface area contributed by atoms with Crippen LogP contribution >= 0.6 is 24.0 Å². The summed E-state index contributed by atoms with van der Waals surface area (Å²) in [6.45, 7) is 6.31. The second-order valence-electron chi connectivity index (χ2n) is 5.95. The molecule has 1 aromatic rings. The Hall–Kier alpha value is -0.940. The van der Waals surface area contributed by atoms with Crippen LogP contribution in [0.25, 0.3) is 0 Å². The van der Waals surface area contributed by atoms with E-state index >= 15 is 0 Å². The Labute approximate surface area is 173 Å². The average Bonchev–Trinajstić information content (AvgIpc) is 2.59. The van der Waals surface area contributed by atoms with Crippen LogP contribution in [0, 0.1) is 12.7 Å². The molecule has 0 aromatic heterocycles. The number of sulfonamides is 1. The maximum atomic E-state index is 13.7. The third kappa shape index (κ3) is 7.75. The summed E-state index contributed by atoms with van der Waals surface area (Å²) >= 11 is 0. The van der Waals surface area contributed by atoms with Gasteiger partial charge in [0.2, 0.25) is 10.0 Å². The topological polar surface area (TPSA) is 73.8 Å². The Morgan fingerprint density at radius 1 is 1.38 bits per heavy atom. The molecule has 9 heteroatoms. The first-order chi connectivity index (χ1) is 11.7. The van der Waals surface area contributed by atoms with Crippen LogP contribution in [0.4, 0.5) is 4.39 Å². The molecule has 0 aliphatic heterocycles. The zero-order valence-electron chi connectivity index (χ0n) is 16.0. The average molecular weight is 500 g/mol. The molecule has 0 radical (unpaired) electrons. The molecule has 1 rings (SSSR count). The number of benzene rings is 1. The lowest BCUT2D eigenvalue weighted by atomic mass is 10.1. The highest BCUT2D eigenvalue weighted by molar-refractivity contribution is 14.0. The first kappa shape index (κ1) is 25.1. The Morgan fingerprint density at radius 2 is 2.04 bits per heavy atom. The molecule has 0 heterocycles. The largest absolute Gasteiger partial charge is 0.356 e. The first-order valence-corrected chi connectivity index (χ1v) is 9.99. The van der Waals surface area contributed by atoms with E-state index in [-0.39, 0.29) is 41.6 Å². The van der Waals surface area contributed by atoms with E-state index in [0.717, 1.165) is 5.56 Å². The molecule has 0 aliphatic carbocycles. The molecular weight excluding hydrogens is 470 g/mol. The number of aryl methyl sites for hydroxylation is 1. The van der Waals surface area contributed by atoms with Crippen molar-refractivity contribution in [2.75, 3.05) is 32.9 Å². The SMILES string of the molecule is CCS(=O)(=O)N(C)CCCNC(=NC)NC(C)c1ccc(C)c(F)c1.I. The normalized spacial score (nSPS) is 13.3. The number of hydrogen-bond acceptors (Lipinski definition) is 3. The van der Waals surface area contributed by atoms with Gasteiger partial charge in [0.15, 0.2) is 5.96 Å². The molecule has 150 valence electrons. The third-order valence-corrected chi connectivity index (χ3v) is 5.92. The van der Waals surface area contributed by atoms with Crippen molar-refractivity contribution in [3.8, 4) is 0 Å². The maximum absolute atomic E-state index is 13.7. The second-order valence-corrected chi connectivity index (χ2v) is 8.31. The summed E-state index contributed by atoms with van der Waals surface area (Å²) in [6, 6.07) is 5.05. The molecule has 1 aromatic carbocycles. The van der Waals surface area contributed by atoms with Crippen LogP contribution in [-0.4, -0.2) is 51.6 Å². The molecule has 1 atom stereocenters. The van der Waals surface area contributed by atoms with Crippen LogP contribution in [-0.2, 0) is 10.0 Å². The molecule has 0 amide bonds. The van der Waals surface area contributed by atoms with Gasteiger partial charge in [-0.1, -0.05) is 12.1 Å². The van der Waals surface area contributed by atoms with Gasteiger partial charge in [0, 0.05) is 27.2 Å². The van der Waals surface area contributed by atoms with Crippen LogP contribution in [0.3, 0.4) is 0 Å². The van der Waals surface area contributed by atoms with Gasteiger partial charge in [0.25, 0.3) is 0 Å². The molecule has 0 spiro atoms. The minimum Gasteiger partial charge on any atom is -0.356 e. The van der Waals surface area contributed by atoms with E-state index in [4.69, 9.17) is 0 Å². The minimum atomic E-state index is -3.14. The van der Waals surface area contributed by atoms with E-state index < -0.39 is 10.0 Å². The number of nitrogens with one attached hydrogen (secondary N) is 2. The molecule has 26 heavy (non-hydrogen) atoms. The molecule has 2 N–H and O–H groups in total. The summed E-state index contributed by atoms with van der Waals surface area (Å²) in [4.78, 5) is 4.14. The zero-order chi connectivity index (χ0) is 19.0. The van der Waals surface area contributed by atoms with Gasteiger partial charge < -0.3 is 10.6 Å². The fourth-order valence-electron chi connectivity index (χ4n) is 2.23. The number of rotatable bonds is 8. The fourth-order valence-corrected chi connectivity index (χ4v) is 3.08. The number of aliphatic imine (C=N–C) groups is 1. The molecule has 1 unspecified atom stereocenters. The predicted molar refractivity (Wildman–Crippen MR) is 116 cm³/mol. The molecule has 6 nitrogen and oxygen atoms in total. The Bertz CT molecular complexity index is 698. The van der Waals surface area contributed by atoms with Crippen LogP contribution in [0.15, 0.2) is 23.2 Å². The van der Waals surface area contributed by atoms with Crippen molar-refractivity contribution < 1.29 is 12.8 Å². The van der Waals surface area contributed by atoms with Gasteiger partial charge >= 0.3 is 0 Å². The summed E-state index contributed by atoms with van der Waals surface area (Å²) in [6.07, 6.45) is 0.657. The molecule has 0 aliphatic rings. The van der Waals surface area contributed by atoms with Crippen LogP contribution in [0.5, 0.6) is 0 Å². The van der Waals surface area contributed by atoms with Crippen molar-refractivity contribution in [2.45, 2.75) is 33.2 Å². The van der Waals surface area contributed by atoms with Crippen molar-refractivity contribution >= 4 is 40.0 Å². The van der Waals surface area contributed by atoms with Crippen LogP contribution in [0.2, 0.25) is 0 Å². The van der Waals surface area contributed by atoms with E-state index in [1.165, 1.54) is 10.4 Å². The van der Waals surface area contributed by atoms with E-state index in [1.54, 1.807) is 34.0 Å². The van der Waals surface area contributed by atoms with Crippen LogP contribution < -0.4 is 10.6 Å². The summed E-state index contributed by atoms with van der Waals surface area (Å²) in [7, 11) is 0.0985. The highest BCUT2D eigenvalue weighted by atomic mass is 127. The predicted octanol–water partition coefficient (Wildman–Crippen LogP) is 2.65. The van der Waals surface area contributed by atoms with E-state index in [9.17, 15) is 12.8 Å². The van der Waals surface area contributed by atoms with E-state index in [0.29, 0.717) is 31.0 Å². The minimum absolute atomic E-state index is 0. The summed E-state index contributed by atoms with van der Waals surface area (Å²) in [5.41, 5.74) is 1.45. The highest BCUT2D eigenvalue weighted by Crippen LogP contribution is 2.16. The van der Waals surface area contributed by atoms with Gasteiger partial charge in [-0.15, -0.1) is 24.0 Å². The van der Waals surface area contributed by atoms with Crippen molar-refractivity contribution in [1.29, 1.82) is 0 Å². The number of hydrogen-bond donors (Lipinski definition) is 2. The van der Waals surface area contributed by atoms with Gasteiger partial charge in [-0.25, -0.2) is 17.1 Å². The van der Waals surface area contributed by atoms with E-state index in [1.807, 2.05) is 13.0 Å². The summed E-state index contributed by atoms with van der Waals surface area (Å²) in [5.74, 6) is 0.467. The second kappa shape index (κ2) is 11.7. The summed E-state index contributed by atoms with van der Waals surface area (Å²) < 4.78 is 38.4. The maximum Gasteiger partial charge on any atom is 0.213 e. The fraction of sp³-hybridized carbons (Fsp3) is 0.588. The van der Waals surface area contributed by atoms with E-state index in [2.05, 4.69) is 15.6 Å². The zero-order valence-corrected chi connectivity index (χ0v) is 19.2. The van der Waals surface area contributed by atoms with Gasteiger partial charge in [-0.3, -0.25) is 4.99 Å². The monoisotopic (exact) mass is 500 g/mol. The van der Waals surface area contributed by atoms with Gasteiger partial charge in [0.05, 0.1) is 11.8 Å². The molecular formula is C17H30FIN4O2S. The van der Waals surface area contributed by atoms with Crippen molar-refractivity contribution in [2.24, 2.45) is 4.99 Å². The molecule has 0 saturated heterocycles. The van der Waals surface area contributed by atoms with Gasteiger partial charge in [0.1, 0.15) is 5.82 Å². The lowest BCUT2D eigenvalue weighted by Crippen LogP contribution is -2.40. The Balaban J connectivity index is 0.00000625. The van der Waals surface area contributed by atoms with Crippen molar-refractivity contribution in [1.82, 2.24) is 14.9 Å². The third-order valence-electron chi connectivity index (χ3n) is 4.05. The number of guanidine groups is 1. The van der Waals surface area contributed by atoms with Crippen molar-refractivity contribution in [3.05, 3.63) is 35.1 Å². The standard InChI is InChI=1S/C17H29FN4O2S.HI/c1-6-25(23,24)22(5)11-7-10-20-17(19-4)21-14(3)15-9-8-13(2)16(18)12-15;/h8-9,12,14H,6-7,10-11H2,1-5H3,(H2,19,20,21);1H. The smallest absolute Gasteiger partial charge is 0.213 e. The van der Waals surface area contributed by atoms with Crippen LogP contribution in [0.1, 0.15) is 37.4 Å². The van der Waals surface area contributed by atoms with Gasteiger partial charge in [-0.05, 0) is 44.4 Å². The highest BCUT2D eigenvalue weighted by Gasteiger charge is 2.14. The van der Waals surface area contributed by atoms with Gasteiger partial charge in [-0.2, -0.15) is 0 Å². The van der Waals surface area contributed by atoms with Crippen molar-refractivity contribution in [3.63, 3.8) is 0 Å². The molecule has 0 fully saturated rings. The Kier molecular flexibility index (Phi) is 11.3. The lowest BCUT2D eigenvalue weighted by Gasteiger charge is -2.20. The summed E-state index contributed by atoms with van der Waals surface area (Å²) in [5, 5.41) is 6.34. The molecule has 0 saturated carbocycles. The Morgan fingerprint density at radius 3 is 2.58 bits per heavy atom. The number of nitrogens with zero attached hydrogens (tertiary/aromatic N) is 2. The lowest BCUT2D eigenvalue weighted by molar-refractivity contribution is 0.461. The molecule has 0 bridgehead atoms. The quantitative estimate of drug-likeness (QED) is 0.249. The first-order valence-electron chi connectivity index (χ1n) is 8.38.